The van der Waals surface area contributed by atoms with E-state index < -0.39 is 0 Å². The number of H-pyrrole nitrogens is 1. The molecule has 0 aromatic carbocycles. The highest BCUT2D eigenvalue weighted by Gasteiger charge is 2.47. The number of anilines is 1. The highest BCUT2D eigenvalue weighted by atomic mass is 16.3. The van der Waals surface area contributed by atoms with Crippen LogP contribution in [0.15, 0.2) is 12.4 Å². The highest BCUT2D eigenvalue weighted by Crippen LogP contribution is 2.41. The average molecular weight is 181 g/mol. The van der Waals surface area contributed by atoms with Crippen LogP contribution in [0.5, 0.6) is 0 Å². The van der Waals surface area contributed by atoms with Gasteiger partial charge in [-0.1, -0.05) is 13.8 Å². The smallest absolute Gasteiger partial charge is 0.0726 e. The Kier molecular flexibility index (Phi) is 1.80. The van der Waals surface area contributed by atoms with Crippen molar-refractivity contribution < 1.29 is 5.11 Å². The number of hydrogen-bond acceptors (Lipinski definition) is 3. The molecule has 2 atom stereocenters. The van der Waals surface area contributed by atoms with Crippen LogP contribution >= 0.6 is 0 Å². The lowest BCUT2D eigenvalue weighted by molar-refractivity contribution is -0.0510. The number of aliphatic hydroxyl groups is 1. The lowest BCUT2D eigenvalue weighted by Crippen LogP contribution is -2.56. The maximum Gasteiger partial charge on any atom is 0.0726 e. The Bertz CT molecular complexity index is 281. The van der Waals surface area contributed by atoms with Gasteiger partial charge in [0.1, 0.15) is 0 Å². The normalized spacial score (nSPS) is 31.0. The van der Waals surface area contributed by atoms with Crippen molar-refractivity contribution in [3.63, 3.8) is 0 Å². The number of aromatic nitrogens is 2. The molecule has 1 aliphatic rings. The highest BCUT2D eigenvalue weighted by molar-refractivity contribution is 5.40. The van der Waals surface area contributed by atoms with E-state index in [-0.39, 0.29) is 11.5 Å². The van der Waals surface area contributed by atoms with E-state index in [1.165, 1.54) is 0 Å². The second kappa shape index (κ2) is 2.73. The van der Waals surface area contributed by atoms with Gasteiger partial charge in [0.25, 0.3) is 0 Å². The summed E-state index contributed by atoms with van der Waals surface area (Å²) in [6.07, 6.45) is 4.21. The van der Waals surface area contributed by atoms with E-state index in [0.717, 1.165) is 12.1 Å². The van der Waals surface area contributed by atoms with Gasteiger partial charge in [0.15, 0.2) is 0 Å². The molecule has 4 heteroatoms. The summed E-state index contributed by atoms with van der Waals surface area (Å²) in [6.45, 7) is 4.14. The molecule has 0 amide bonds. The Balaban J connectivity index is 1.98. The van der Waals surface area contributed by atoms with Crippen molar-refractivity contribution in [1.82, 2.24) is 10.2 Å². The van der Waals surface area contributed by atoms with E-state index in [4.69, 9.17) is 0 Å². The summed E-state index contributed by atoms with van der Waals surface area (Å²) in [5, 5.41) is 19.4. The monoisotopic (exact) mass is 181 g/mol. The quantitative estimate of drug-likeness (QED) is 0.637. The van der Waals surface area contributed by atoms with Gasteiger partial charge in [-0.3, -0.25) is 5.10 Å². The summed E-state index contributed by atoms with van der Waals surface area (Å²) in [5.41, 5.74) is 0.960. The summed E-state index contributed by atoms with van der Waals surface area (Å²) >= 11 is 0. The fraction of sp³-hybridized carbons (Fsp3) is 0.667. The Hall–Kier alpha value is -1.03. The van der Waals surface area contributed by atoms with E-state index in [0.29, 0.717) is 6.04 Å². The molecule has 1 fully saturated rings. The Labute approximate surface area is 77.4 Å². The molecule has 0 bridgehead atoms. The van der Waals surface area contributed by atoms with Gasteiger partial charge in [-0.25, -0.2) is 0 Å². The van der Waals surface area contributed by atoms with E-state index >= 15 is 0 Å². The molecule has 72 valence electrons. The molecule has 4 nitrogen and oxygen atoms in total. The molecule has 2 unspecified atom stereocenters. The molecule has 1 aliphatic carbocycles. The molecular formula is C9H15N3O. The van der Waals surface area contributed by atoms with Gasteiger partial charge in [-0.15, -0.1) is 0 Å². The van der Waals surface area contributed by atoms with Crippen LogP contribution in [-0.2, 0) is 0 Å². The van der Waals surface area contributed by atoms with Crippen LogP contribution in [0, 0.1) is 5.41 Å². The third-order valence-corrected chi connectivity index (χ3v) is 3.06. The van der Waals surface area contributed by atoms with Crippen molar-refractivity contribution in [2.45, 2.75) is 32.4 Å². The number of nitrogens with one attached hydrogen (secondary N) is 2. The molecule has 0 saturated heterocycles. The third kappa shape index (κ3) is 1.31. The second-order valence-electron chi connectivity index (χ2n) is 4.26. The molecular weight excluding hydrogens is 166 g/mol. The van der Waals surface area contributed by atoms with Crippen molar-refractivity contribution in [1.29, 1.82) is 0 Å². The van der Waals surface area contributed by atoms with Crippen LogP contribution in [0.3, 0.4) is 0 Å². The van der Waals surface area contributed by atoms with Gasteiger partial charge in [0, 0.05) is 17.7 Å². The first-order valence-electron chi connectivity index (χ1n) is 4.54. The number of rotatable bonds is 2. The van der Waals surface area contributed by atoms with Gasteiger partial charge in [-0.2, -0.15) is 5.10 Å². The first-order valence-corrected chi connectivity index (χ1v) is 4.54. The molecule has 1 aromatic heterocycles. The predicted octanol–water partition coefficient (Wildman–Crippen LogP) is 0.981. The zero-order valence-corrected chi connectivity index (χ0v) is 7.91. The van der Waals surface area contributed by atoms with E-state index in [1.807, 2.05) is 6.20 Å². The molecule has 1 saturated carbocycles. The van der Waals surface area contributed by atoms with Crippen molar-refractivity contribution in [3.05, 3.63) is 12.4 Å². The largest absolute Gasteiger partial charge is 0.392 e. The zero-order valence-electron chi connectivity index (χ0n) is 7.91. The van der Waals surface area contributed by atoms with Crippen molar-refractivity contribution in [2.75, 3.05) is 5.32 Å². The molecule has 1 heterocycles. The van der Waals surface area contributed by atoms with Crippen LogP contribution in [0.1, 0.15) is 20.3 Å². The maximum atomic E-state index is 9.51. The first-order chi connectivity index (χ1) is 6.10. The molecule has 13 heavy (non-hydrogen) atoms. The van der Waals surface area contributed by atoms with Crippen molar-refractivity contribution in [2.24, 2.45) is 5.41 Å². The summed E-state index contributed by atoms with van der Waals surface area (Å²) in [5.74, 6) is 0. The fourth-order valence-electron chi connectivity index (χ4n) is 1.68. The molecule has 3 N–H and O–H groups in total. The number of nitrogens with zero attached hydrogens (tertiary/aromatic N) is 1. The SMILES string of the molecule is CC1(C)C(O)CC1Nc1cn[nH]c1. The van der Waals surface area contributed by atoms with Gasteiger partial charge in [-0.05, 0) is 6.42 Å². The minimum atomic E-state index is -0.183. The second-order valence-corrected chi connectivity index (χ2v) is 4.26. The van der Waals surface area contributed by atoms with Gasteiger partial charge in [0.2, 0.25) is 0 Å². The predicted molar refractivity (Wildman–Crippen MR) is 50.4 cm³/mol. The maximum absolute atomic E-state index is 9.51. The van der Waals surface area contributed by atoms with Crippen LogP contribution in [-0.4, -0.2) is 27.4 Å². The van der Waals surface area contributed by atoms with Crippen LogP contribution < -0.4 is 5.32 Å². The van der Waals surface area contributed by atoms with E-state index in [2.05, 4.69) is 29.4 Å². The molecule has 0 aliphatic heterocycles. The van der Waals surface area contributed by atoms with Crippen LogP contribution in [0.25, 0.3) is 0 Å². The van der Waals surface area contributed by atoms with Crippen molar-refractivity contribution in [3.8, 4) is 0 Å². The topological polar surface area (TPSA) is 60.9 Å². The van der Waals surface area contributed by atoms with E-state index in [1.54, 1.807) is 6.20 Å². The van der Waals surface area contributed by atoms with E-state index in [9.17, 15) is 5.11 Å². The summed E-state index contributed by atoms with van der Waals surface area (Å²) < 4.78 is 0. The molecule has 1 aromatic rings. The summed E-state index contributed by atoms with van der Waals surface area (Å²) in [6, 6.07) is 0.347. The lowest BCUT2D eigenvalue weighted by atomic mass is 9.64. The number of aliphatic hydroxyl groups excluding tert-OH is 1. The van der Waals surface area contributed by atoms with Gasteiger partial charge < -0.3 is 10.4 Å². The average Bonchev–Trinajstić information content (AvgIpc) is 2.56. The zero-order chi connectivity index (χ0) is 9.47. The lowest BCUT2D eigenvalue weighted by Gasteiger charge is -2.49. The van der Waals surface area contributed by atoms with Crippen LogP contribution in [0.2, 0.25) is 0 Å². The minimum absolute atomic E-state index is 0.0305. The Morgan fingerprint density at radius 1 is 1.69 bits per heavy atom. The molecule has 0 spiro atoms. The van der Waals surface area contributed by atoms with Gasteiger partial charge in [0.05, 0.1) is 18.0 Å². The summed E-state index contributed by atoms with van der Waals surface area (Å²) in [7, 11) is 0. The third-order valence-electron chi connectivity index (χ3n) is 3.06. The standard InChI is InChI=1S/C9H15N3O/c1-9(2)7(3-8(9)13)12-6-4-10-11-5-6/h4-5,7-8,12-13H,3H2,1-2H3,(H,10,11). The Morgan fingerprint density at radius 3 is 2.92 bits per heavy atom. The Morgan fingerprint density at radius 2 is 2.46 bits per heavy atom. The van der Waals surface area contributed by atoms with Gasteiger partial charge >= 0.3 is 0 Å². The molecule has 0 radical (unpaired) electrons. The van der Waals surface area contributed by atoms with Crippen molar-refractivity contribution >= 4 is 5.69 Å². The number of aromatic amines is 1. The summed E-state index contributed by atoms with van der Waals surface area (Å²) in [4.78, 5) is 0. The first kappa shape index (κ1) is 8.56. The minimum Gasteiger partial charge on any atom is -0.392 e. The number of hydrogen-bond donors (Lipinski definition) is 3. The fourth-order valence-corrected chi connectivity index (χ4v) is 1.68. The van der Waals surface area contributed by atoms with Crippen LogP contribution in [0.4, 0.5) is 5.69 Å². The molecule has 2 rings (SSSR count).